The van der Waals surface area contributed by atoms with Crippen molar-refractivity contribution in [3.05, 3.63) is 105 Å². The van der Waals surface area contributed by atoms with Gasteiger partial charge < -0.3 is 10.3 Å². The third-order valence-corrected chi connectivity index (χ3v) is 4.56. The summed E-state index contributed by atoms with van der Waals surface area (Å²) in [5.74, 6) is 0.189. The van der Waals surface area contributed by atoms with Crippen LogP contribution in [0.25, 0.3) is 10.8 Å². The van der Waals surface area contributed by atoms with Gasteiger partial charge in [0.1, 0.15) is 5.82 Å². The molecule has 5 heteroatoms. The number of halogens is 1. The summed E-state index contributed by atoms with van der Waals surface area (Å²) in [6, 6.07) is 23.1. The number of benzene rings is 3. The van der Waals surface area contributed by atoms with E-state index in [0.29, 0.717) is 38.4 Å². The molecule has 1 heterocycles. The molecule has 0 fully saturated rings. The number of carbonyl (C=O) groups excluding carboxylic acids is 1. The van der Waals surface area contributed by atoms with Crippen molar-refractivity contribution in [2.75, 3.05) is 5.32 Å². The first kappa shape index (κ1) is 17.1. The van der Waals surface area contributed by atoms with Crippen LogP contribution in [-0.4, -0.2) is 10.8 Å². The molecular weight excluding hydrogens is 360 g/mol. The van der Waals surface area contributed by atoms with Crippen molar-refractivity contribution in [3.8, 4) is 0 Å². The van der Waals surface area contributed by atoms with Gasteiger partial charge in [-0.25, -0.2) is 0 Å². The number of aromatic amines is 1. The fourth-order valence-corrected chi connectivity index (χ4v) is 3.14. The number of aromatic nitrogens is 1. The molecule has 0 aliphatic rings. The summed E-state index contributed by atoms with van der Waals surface area (Å²) in [6.07, 6.45) is 0. The highest BCUT2D eigenvalue weighted by molar-refractivity contribution is 6.30. The van der Waals surface area contributed by atoms with Crippen molar-refractivity contribution in [1.29, 1.82) is 0 Å². The SMILES string of the molecule is O=C(c1ccccc1)c1c(Nc2ccc(Cl)cc2)[nH]c(=O)c2ccccc12. The number of carbonyl (C=O) groups is 1. The molecule has 4 aromatic rings. The molecule has 0 aliphatic heterocycles. The van der Waals surface area contributed by atoms with Gasteiger partial charge >= 0.3 is 0 Å². The molecule has 0 atom stereocenters. The van der Waals surface area contributed by atoms with Crippen LogP contribution in [0.2, 0.25) is 5.02 Å². The summed E-state index contributed by atoms with van der Waals surface area (Å²) in [5, 5.41) is 4.83. The molecule has 0 saturated heterocycles. The normalized spacial score (nSPS) is 10.7. The Morgan fingerprint density at radius 3 is 2.15 bits per heavy atom. The summed E-state index contributed by atoms with van der Waals surface area (Å²) in [5.41, 5.74) is 1.43. The maximum absolute atomic E-state index is 13.3. The fraction of sp³-hybridized carbons (Fsp3) is 0. The lowest BCUT2D eigenvalue weighted by Crippen LogP contribution is -2.16. The van der Waals surface area contributed by atoms with Gasteiger partial charge in [-0.05, 0) is 30.3 Å². The first-order valence-corrected chi connectivity index (χ1v) is 8.78. The number of anilines is 2. The largest absolute Gasteiger partial charge is 0.341 e. The van der Waals surface area contributed by atoms with Crippen LogP contribution in [-0.2, 0) is 0 Å². The van der Waals surface area contributed by atoms with E-state index in [4.69, 9.17) is 11.6 Å². The third-order valence-electron chi connectivity index (χ3n) is 4.31. The number of nitrogens with one attached hydrogen (secondary N) is 2. The zero-order chi connectivity index (χ0) is 18.8. The van der Waals surface area contributed by atoms with Crippen molar-refractivity contribution in [1.82, 2.24) is 4.98 Å². The Kier molecular flexibility index (Phi) is 4.48. The smallest absolute Gasteiger partial charge is 0.257 e. The molecule has 0 aliphatic carbocycles. The highest BCUT2D eigenvalue weighted by atomic mass is 35.5. The Bertz CT molecular complexity index is 1180. The molecule has 132 valence electrons. The molecule has 0 spiro atoms. The van der Waals surface area contributed by atoms with Crippen LogP contribution >= 0.6 is 11.6 Å². The summed E-state index contributed by atoms with van der Waals surface area (Å²) in [6.45, 7) is 0. The van der Waals surface area contributed by atoms with Gasteiger partial charge in [-0.3, -0.25) is 9.59 Å². The number of hydrogen-bond donors (Lipinski definition) is 2. The fourth-order valence-electron chi connectivity index (χ4n) is 3.02. The maximum Gasteiger partial charge on any atom is 0.257 e. The second-order valence-corrected chi connectivity index (χ2v) is 6.51. The van der Waals surface area contributed by atoms with Gasteiger partial charge in [-0.1, -0.05) is 60.1 Å². The molecule has 0 unspecified atom stereocenters. The minimum Gasteiger partial charge on any atom is -0.341 e. The number of fused-ring (bicyclic) bond motifs is 1. The highest BCUT2D eigenvalue weighted by Crippen LogP contribution is 2.27. The average Bonchev–Trinajstić information content (AvgIpc) is 2.70. The number of pyridine rings is 1. The van der Waals surface area contributed by atoms with E-state index >= 15 is 0 Å². The second kappa shape index (κ2) is 7.09. The van der Waals surface area contributed by atoms with Crippen LogP contribution in [0.3, 0.4) is 0 Å². The van der Waals surface area contributed by atoms with E-state index in [9.17, 15) is 9.59 Å². The van der Waals surface area contributed by atoms with Crippen molar-refractivity contribution < 1.29 is 4.79 Å². The first-order valence-electron chi connectivity index (χ1n) is 8.41. The van der Waals surface area contributed by atoms with Crippen molar-refractivity contribution in [2.45, 2.75) is 0 Å². The van der Waals surface area contributed by atoms with Crippen LogP contribution in [0.1, 0.15) is 15.9 Å². The molecule has 4 rings (SSSR count). The number of hydrogen-bond acceptors (Lipinski definition) is 3. The number of rotatable bonds is 4. The average molecular weight is 375 g/mol. The molecule has 3 aromatic carbocycles. The summed E-state index contributed by atoms with van der Waals surface area (Å²) >= 11 is 5.94. The minimum absolute atomic E-state index is 0.167. The topological polar surface area (TPSA) is 62.0 Å². The summed E-state index contributed by atoms with van der Waals surface area (Å²) in [4.78, 5) is 28.6. The van der Waals surface area contributed by atoms with E-state index in [0.717, 1.165) is 0 Å². The highest BCUT2D eigenvalue weighted by Gasteiger charge is 2.19. The Hall–Kier alpha value is -3.37. The Labute approximate surface area is 160 Å². The lowest BCUT2D eigenvalue weighted by Gasteiger charge is -2.14. The quantitative estimate of drug-likeness (QED) is 0.485. The van der Waals surface area contributed by atoms with E-state index < -0.39 is 0 Å². The van der Waals surface area contributed by atoms with Crippen molar-refractivity contribution in [2.24, 2.45) is 0 Å². The van der Waals surface area contributed by atoms with Crippen LogP contribution in [0.15, 0.2) is 83.7 Å². The van der Waals surface area contributed by atoms with Crippen molar-refractivity contribution >= 4 is 39.7 Å². The number of ketones is 1. The molecular formula is C22H15ClN2O2. The van der Waals surface area contributed by atoms with Gasteiger partial charge in [-0.2, -0.15) is 0 Å². The molecule has 2 N–H and O–H groups in total. The van der Waals surface area contributed by atoms with Crippen LogP contribution < -0.4 is 10.9 Å². The summed E-state index contributed by atoms with van der Waals surface area (Å²) in [7, 11) is 0. The van der Waals surface area contributed by atoms with Gasteiger partial charge in [0.15, 0.2) is 5.78 Å². The predicted molar refractivity (Wildman–Crippen MR) is 109 cm³/mol. The van der Waals surface area contributed by atoms with Crippen LogP contribution in [0, 0.1) is 0 Å². The summed E-state index contributed by atoms with van der Waals surface area (Å²) < 4.78 is 0. The zero-order valence-electron chi connectivity index (χ0n) is 14.2. The molecule has 0 saturated carbocycles. The monoisotopic (exact) mass is 374 g/mol. The standard InChI is InChI=1S/C22H15ClN2O2/c23-15-10-12-16(13-11-15)24-21-19(20(26)14-6-2-1-3-7-14)17-8-4-5-9-18(17)22(27)25-21/h1-13H,(H2,24,25,27). The molecule has 0 radical (unpaired) electrons. The first-order chi connectivity index (χ1) is 13.1. The molecule has 0 bridgehead atoms. The van der Waals surface area contributed by atoms with Gasteiger partial charge in [0.2, 0.25) is 0 Å². The predicted octanol–water partition coefficient (Wildman–Crippen LogP) is 5.16. The molecule has 4 nitrogen and oxygen atoms in total. The number of H-pyrrole nitrogens is 1. The maximum atomic E-state index is 13.3. The minimum atomic E-state index is -0.258. The van der Waals surface area contributed by atoms with Gasteiger partial charge in [0.25, 0.3) is 5.56 Å². The third kappa shape index (κ3) is 3.35. The lowest BCUT2D eigenvalue weighted by molar-refractivity contribution is 0.104. The van der Waals surface area contributed by atoms with E-state index in [1.54, 1.807) is 54.6 Å². The second-order valence-electron chi connectivity index (χ2n) is 6.08. The Balaban J connectivity index is 1.93. The van der Waals surface area contributed by atoms with Gasteiger partial charge in [0, 0.05) is 27.0 Å². The van der Waals surface area contributed by atoms with E-state index in [-0.39, 0.29) is 11.3 Å². The van der Waals surface area contributed by atoms with Gasteiger partial charge in [-0.15, -0.1) is 0 Å². The van der Waals surface area contributed by atoms with Crippen LogP contribution in [0.4, 0.5) is 11.5 Å². The lowest BCUT2D eigenvalue weighted by atomic mass is 9.98. The van der Waals surface area contributed by atoms with Gasteiger partial charge in [0.05, 0.1) is 5.56 Å². The molecule has 1 aromatic heterocycles. The van der Waals surface area contributed by atoms with E-state index in [1.165, 1.54) is 0 Å². The Morgan fingerprint density at radius 2 is 1.44 bits per heavy atom. The van der Waals surface area contributed by atoms with E-state index in [1.807, 2.05) is 24.3 Å². The molecule has 27 heavy (non-hydrogen) atoms. The Morgan fingerprint density at radius 1 is 0.815 bits per heavy atom. The van der Waals surface area contributed by atoms with Crippen LogP contribution in [0.5, 0.6) is 0 Å². The van der Waals surface area contributed by atoms with Crippen molar-refractivity contribution in [3.63, 3.8) is 0 Å². The molecule has 0 amide bonds. The van der Waals surface area contributed by atoms with E-state index in [2.05, 4.69) is 10.3 Å². The zero-order valence-corrected chi connectivity index (χ0v) is 15.0.